The van der Waals surface area contributed by atoms with Gasteiger partial charge in [0, 0.05) is 0 Å². The second-order valence-corrected chi connectivity index (χ2v) is 13.9. The minimum atomic E-state index is 0.869. The molecule has 1 saturated carbocycles. The van der Waals surface area contributed by atoms with Gasteiger partial charge in [0.1, 0.15) is 0 Å². The fraction of sp³-hybridized carbons (Fsp3) is 1.00. The molecule has 0 nitrogen and oxygen atoms in total. The van der Waals surface area contributed by atoms with Gasteiger partial charge in [-0.3, -0.25) is 0 Å². The summed E-state index contributed by atoms with van der Waals surface area (Å²) in [6, 6.07) is 0. The highest BCUT2D eigenvalue weighted by atomic mass is 14.4. The highest BCUT2D eigenvalue weighted by Crippen LogP contribution is 2.43. The first-order chi connectivity index (χ1) is 17.4. The first-order valence-electron chi connectivity index (χ1n) is 17.4. The molecule has 0 bridgehead atoms. The van der Waals surface area contributed by atoms with Crippen molar-refractivity contribution in [1.82, 2.24) is 0 Å². The fourth-order valence-electron chi connectivity index (χ4n) is 7.60. The number of unbranched alkanes of at least 4 members (excludes halogenated alkanes) is 7. The van der Waals surface area contributed by atoms with Gasteiger partial charge in [-0.1, -0.05) is 177 Å². The molecule has 0 radical (unpaired) electrons. The molecule has 0 heteroatoms. The van der Waals surface area contributed by atoms with Crippen molar-refractivity contribution in [2.45, 2.75) is 190 Å². The molecule has 0 aromatic heterocycles. The third-order valence-electron chi connectivity index (χ3n) is 10.1. The van der Waals surface area contributed by atoms with Crippen LogP contribution < -0.4 is 0 Å². The molecule has 0 aromatic carbocycles. The van der Waals surface area contributed by atoms with Crippen molar-refractivity contribution in [2.75, 3.05) is 0 Å². The van der Waals surface area contributed by atoms with E-state index in [0.717, 1.165) is 41.4 Å². The summed E-state index contributed by atoms with van der Waals surface area (Å²) in [6.07, 6.45) is 32.4. The number of rotatable bonds is 19. The van der Waals surface area contributed by atoms with Gasteiger partial charge in [0.05, 0.1) is 0 Å². The van der Waals surface area contributed by atoms with E-state index in [0.29, 0.717) is 0 Å². The maximum absolute atomic E-state index is 2.57. The number of hydrogen-bond donors (Lipinski definition) is 0. The zero-order valence-corrected chi connectivity index (χ0v) is 26.6. The first-order valence-corrected chi connectivity index (χ1v) is 17.4. The Morgan fingerprint density at radius 2 is 1.11 bits per heavy atom. The van der Waals surface area contributed by atoms with E-state index in [1.165, 1.54) is 141 Å². The van der Waals surface area contributed by atoms with E-state index in [1.807, 2.05) is 0 Å². The Balaban J connectivity index is 2.99. The number of hydrogen-bond acceptors (Lipinski definition) is 0. The molecule has 1 aliphatic rings. The normalized spacial score (nSPS) is 24.5. The monoisotopic (exact) mass is 505 g/mol. The van der Waals surface area contributed by atoms with E-state index in [9.17, 15) is 0 Å². The molecular weight excluding hydrogens is 432 g/mol. The standard InChI is InChI=1S/C36H72/c1-8-11-13-14-15-16-25-36(33(22-12-9-2)23-18-17-20-30(4)5)35(10-3)34-24-19-21-31(6)26-27-32(7)28-29-34/h30-36H,8-29H2,1-7H3. The quantitative estimate of drug-likeness (QED) is 0.153. The van der Waals surface area contributed by atoms with Crippen LogP contribution in [0.4, 0.5) is 0 Å². The molecule has 6 atom stereocenters. The van der Waals surface area contributed by atoms with Gasteiger partial charge < -0.3 is 0 Å². The van der Waals surface area contributed by atoms with Crippen molar-refractivity contribution in [1.29, 1.82) is 0 Å². The molecule has 0 spiro atoms. The summed E-state index contributed by atoms with van der Waals surface area (Å²) in [7, 11) is 0. The van der Waals surface area contributed by atoms with Gasteiger partial charge in [0.2, 0.25) is 0 Å². The molecule has 0 saturated heterocycles. The largest absolute Gasteiger partial charge is 0.0654 e. The van der Waals surface area contributed by atoms with E-state index in [-0.39, 0.29) is 0 Å². The lowest BCUT2D eigenvalue weighted by Gasteiger charge is -2.40. The zero-order chi connectivity index (χ0) is 26.6. The Bertz CT molecular complexity index is 465. The van der Waals surface area contributed by atoms with Gasteiger partial charge in [0.25, 0.3) is 0 Å². The van der Waals surface area contributed by atoms with Crippen molar-refractivity contribution in [2.24, 2.45) is 41.4 Å². The molecule has 1 aliphatic carbocycles. The third-order valence-corrected chi connectivity index (χ3v) is 10.1. The summed E-state index contributed by atoms with van der Waals surface area (Å²) < 4.78 is 0. The summed E-state index contributed by atoms with van der Waals surface area (Å²) in [5, 5.41) is 0. The van der Waals surface area contributed by atoms with Gasteiger partial charge >= 0.3 is 0 Å². The lowest BCUT2D eigenvalue weighted by Crippen LogP contribution is -2.30. The molecule has 1 rings (SSSR count). The Morgan fingerprint density at radius 3 is 1.78 bits per heavy atom. The Morgan fingerprint density at radius 1 is 0.556 bits per heavy atom. The average molecular weight is 505 g/mol. The van der Waals surface area contributed by atoms with Crippen molar-refractivity contribution in [3.63, 3.8) is 0 Å². The van der Waals surface area contributed by atoms with Gasteiger partial charge in [-0.05, 0) is 54.3 Å². The van der Waals surface area contributed by atoms with Gasteiger partial charge in [-0.2, -0.15) is 0 Å². The van der Waals surface area contributed by atoms with Crippen molar-refractivity contribution in [3.8, 4) is 0 Å². The average Bonchev–Trinajstić information content (AvgIpc) is 2.86. The maximum Gasteiger partial charge on any atom is -0.0355 e. The molecule has 36 heavy (non-hydrogen) atoms. The van der Waals surface area contributed by atoms with Crippen LogP contribution in [0.1, 0.15) is 190 Å². The second kappa shape index (κ2) is 21.9. The van der Waals surface area contributed by atoms with E-state index >= 15 is 0 Å². The van der Waals surface area contributed by atoms with Crippen molar-refractivity contribution in [3.05, 3.63) is 0 Å². The van der Waals surface area contributed by atoms with Crippen molar-refractivity contribution >= 4 is 0 Å². The first kappa shape index (κ1) is 34.0. The molecule has 6 unspecified atom stereocenters. The summed E-state index contributed by atoms with van der Waals surface area (Å²) in [6.45, 7) is 17.2. The summed E-state index contributed by atoms with van der Waals surface area (Å²) in [5.41, 5.74) is 0. The topological polar surface area (TPSA) is 0 Å². The fourth-order valence-corrected chi connectivity index (χ4v) is 7.60. The van der Waals surface area contributed by atoms with Crippen LogP contribution >= 0.6 is 0 Å². The molecule has 216 valence electrons. The van der Waals surface area contributed by atoms with Crippen LogP contribution in [-0.4, -0.2) is 0 Å². The van der Waals surface area contributed by atoms with Crippen LogP contribution in [0.25, 0.3) is 0 Å². The smallest absolute Gasteiger partial charge is 0.0355 e. The van der Waals surface area contributed by atoms with Crippen LogP contribution in [0.3, 0.4) is 0 Å². The SMILES string of the molecule is CCCCCCCCC(C(CCCC)CCCCC(C)C)C(CC)C1CCCC(C)CCC(C)CC1. The predicted octanol–water partition coefficient (Wildman–Crippen LogP) is 13.0. The lowest BCUT2D eigenvalue weighted by atomic mass is 9.66. The zero-order valence-electron chi connectivity index (χ0n) is 26.6. The van der Waals surface area contributed by atoms with E-state index in [2.05, 4.69) is 48.5 Å². The van der Waals surface area contributed by atoms with Crippen LogP contribution in [0.5, 0.6) is 0 Å². The van der Waals surface area contributed by atoms with Crippen molar-refractivity contribution < 1.29 is 0 Å². The van der Waals surface area contributed by atoms with E-state index < -0.39 is 0 Å². The Labute approximate surface area is 231 Å². The summed E-state index contributed by atoms with van der Waals surface area (Å²) in [5.74, 6) is 6.71. The third kappa shape index (κ3) is 15.4. The molecule has 1 fully saturated rings. The van der Waals surface area contributed by atoms with Gasteiger partial charge in [-0.25, -0.2) is 0 Å². The lowest BCUT2D eigenvalue weighted by molar-refractivity contribution is 0.105. The van der Waals surface area contributed by atoms with E-state index in [1.54, 1.807) is 0 Å². The van der Waals surface area contributed by atoms with Crippen LogP contribution in [0.2, 0.25) is 0 Å². The van der Waals surface area contributed by atoms with Crippen LogP contribution in [0.15, 0.2) is 0 Å². The molecule has 0 amide bonds. The van der Waals surface area contributed by atoms with E-state index in [4.69, 9.17) is 0 Å². The molecule has 0 N–H and O–H groups in total. The molecule has 0 heterocycles. The minimum Gasteiger partial charge on any atom is -0.0654 e. The highest BCUT2D eigenvalue weighted by molar-refractivity contribution is 4.83. The Hall–Kier alpha value is 0. The second-order valence-electron chi connectivity index (χ2n) is 13.9. The van der Waals surface area contributed by atoms with Crippen LogP contribution in [0, 0.1) is 41.4 Å². The van der Waals surface area contributed by atoms with Gasteiger partial charge in [0.15, 0.2) is 0 Å². The summed E-state index contributed by atoms with van der Waals surface area (Å²) in [4.78, 5) is 0. The maximum atomic E-state index is 2.57. The Kier molecular flexibility index (Phi) is 20.7. The summed E-state index contributed by atoms with van der Waals surface area (Å²) >= 11 is 0. The molecular formula is C36H72. The predicted molar refractivity (Wildman–Crippen MR) is 166 cm³/mol. The molecule has 0 aromatic rings. The molecule has 0 aliphatic heterocycles. The highest BCUT2D eigenvalue weighted by Gasteiger charge is 2.33. The van der Waals surface area contributed by atoms with Crippen LogP contribution in [-0.2, 0) is 0 Å². The minimum absolute atomic E-state index is 0.869. The van der Waals surface area contributed by atoms with Gasteiger partial charge in [-0.15, -0.1) is 0 Å².